The van der Waals surface area contributed by atoms with Crippen LogP contribution in [-0.2, 0) is 124 Å². The summed E-state index contributed by atoms with van der Waals surface area (Å²) in [6.07, 6.45) is 1.86. The van der Waals surface area contributed by atoms with Crippen molar-refractivity contribution in [3.05, 3.63) is 145 Å². The first kappa shape index (κ1) is 88.3. The van der Waals surface area contributed by atoms with Gasteiger partial charge in [0.25, 0.3) is 17.7 Å². The third-order valence-electron chi connectivity index (χ3n) is 13.3. The molecule has 0 unspecified atom stereocenters. The molecule has 38 heteroatoms. The van der Waals surface area contributed by atoms with Gasteiger partial charge in [0.15, 0.2) is 16.6 Å². The first-order valence-electron chi connectivity index (χ1n) is 29.3. The van der Waals surface area contributed by atoms with Crippen molar-refractivity contribution in [3.63, 3.8) is 0 Å². The van der Waals surface area contributed by atoms with Crippen molar-refractivity contribution < 1.29 is 162 Å². The Bertz CT molecular complexity index is 4150. The van der Waals surface area contributed by atoms with Crippen LogP contribution in [0.1, 0.15) is 89.7 Å². The molecule has 4 aromatic carbocycles. The summed E-state index contributed by atoms with van der Waals surface area (Å²) >= 11 is 11.3. The molecule has 0 fully saturated rings. The van der Waals surface area contributed by atoms with Crippen LogP contribution >= 0.6 is 35.0 Å². The number of hydroxylamine groups is 4. The number of hydrogen-bond acceptors (Lipinski definition) is 21. The van der Waals surface area contributed by atoms with Crippen LogP contribution in [0, 0.1) is 13.8 Å². The molecule has 0 aliphatic heterocycles. The summed E-state index contributed by atoms with van der Waals surface area (Å²) in [5, 5.41) is 40.5. The quantitative estimate of drug-likeness (QED) is 0.0236. The molecule has 0 spiro atoms. The van der Waals surface area contributed by atoms with Gasteiger partial charge in [-0.15, -0.1) is 5.75 Å². The van der Waals surface area contributed by atoms with E-state index in [1.54, 1.807) is 98.8 Å². The number of amides is 8. The Labute approximate surface area is 630 Å². The van der Waals surface area contributed by atoms with Crippen molar-refractivity contribution in [2.75, 3.05) is 63.9 Å². The third-order valence-corrected chi connectivity index (χ3v) is 14.9. The predicted octanol–water partition coefficient (Wildman–Crippen LogP) is 2.01. The topological polar surface area (TPSA) is 450 Å². The number of hydrogen-bond donors (Lipinski definition) is 5. The zero-order valence-corrected chi connectivity index (χ0v) is 63.4. The van der Waals surface area contributed by atoms with Crippen molar-refractivity contribution in [3.8, 4) is 11.5 Å². The number of nitrogens with zero attached hydrogens (tertiary/aromatic N) is 7. The van der Waals surface area contributed by atoms with Crippen LogP contribution in [0.25, 0.3) is 37.8 Å². The number of carbonyl (C=O) groups excluding carboxylic acids is 11. The number of carboxylic acids is 2. The fraction of sp³-hybridized carbons (Fsp3) is 0.339. The van der Waals surface area contributed by atoms with Gasteiger partial charge in [-0.05, 0) is 129 Å². The van der Waals surface area contributed by atoms with Crippen LogP contribution in [0.2, 0.25) is 10.0 Å². The number of unbranched alkanes of at least 4 members (excludes halogenated alkanes) is 2. The molecular formula is C62H66Cl2N10NaO21S2Tc2. The van der Waals surface area contributed by atoms with E-state index in [0.29, 0.717) is 78.3 Å². The maximum absolute atomic E-state index is 13.5. The SMILES string of the molecule is CCCCN(Oc1ccc2c(c1)c(CC(=O)O)c(C)n2C(=O)c1ccc(Cl)cc1)C(=O)CNC(=O)CNC(=O)CNC(=O)CSC(C)=O.CCCCN(Oc1ccc2c(c1)c(CC(=O)O)c(C)n2C(=O)c1ccc(Cl)cc1)C(=O)C[N-]C(=O)C[N-]C(=O)C[N-]C(=O)C[S-].[99Tc+4].[Na+].[O]=[Tc](=[O])(=[O])[O-]. The van der Waals surface area contributed by atoms with E-state index in [2.05, 4.69) is 44.5 Å². The number of nitrogens with one attached hydrogen (secondary N) is 3. The van der Waals surface area contributed by atoms with E-state index >= 15 is 0 Å². The minimum atomic E-state index is -5.94. The van der Waals surface area contributed by atoms with E-state index < -0.39 is 114 Å². The molecule has 8 amide bonds. The molecule has 0 bridgehead atoms. The molecular weight excluding hydrogens is 1580 g/mol. The van der Waals surface area contributed by atoms with Gasteiger partial charge in [0, 0.05) is 68.0 Å². The molecule has 5 N–H and O–H groups in total. The van der Waals surface area contributed by atoms with Gasteiger partial charge >= 0.3 is 91.5 Å². The fourth-order valence-electron chi connectivity index (χ4n) is 8.71. The maximum atomic E-state index is 13.5. The Morgan fingerprint density at radius 3 is 1.33 bits per heavy atom. The Balaban J connectivity index is 0.000000626. The molecule has 6 rings (SSSR count). The Kier molecular flexibility index (Phi) is 38.7. The van der Waals surface area contributed by atoms with Crippen LogP contribution in [-0.4, -0.2) is 169 Å². The van der Waals surface area contributed by atoms with Gasteiger partial charge in [0.1, 0.15) is 0 Å². The number of halogens is 2. The van der Waals surface area contributed by atoms with Gasteiger partial charge in [-0.25, -0.2) is 0 Å². The average molecular weight is 1640 g/mol. The summed E-state index contributed by atoms with van der Waals surface area (Å²) in [7, 11) is 0. The number of aliphatic carboxylic acids is 2. The van der Waals surface area contributed by atoms with Crippen molar-refractivity contribution in [2.45, 2.75) is 73.1 Å². The fourth-order valence-corrected chi connectivity index (χ4v) is 9.49. The number of carbonyl (C=O) groups is 13. The summed E-state index contributed by atoms with van der Waals surface area (Å²) in [5.41, 5.74) is 3.28. The summed E-state index contributed by atoms with van der Waals surface area (Å²) < 4.78 is 37.3. The van der Waals surface area contributed by atoms with Crippen molar-refractivity contribution in [1.82, 2.24) is 35.2 Å². The molecule has 2 heterocycles. The molecule has 0 aliphatic rings. The average Bonchev–Trinajstić information content (AvgIpc) is 1.61. The summed E-state index contributed by atoms with van der Waals surface area (Å²) in [6, 6.07) is 22.0. The van der Waals surface area contributed by atoms with Crippen molar-refractivity contribution >= 4 is 146 Å². The zero-order chi connectivity index (χ0) is 73.0. The molecule has 0 atom stereocenters. The second-order valence-electron chi connectivity index (χ2n) is 20.6. The molecule has 0 aliphatic carbocycles. The molecule has 0 saturated heterocycles. The van der Waals surface area contributed by atoms with Gasteiger partial charge < -0.3 is 78.8 Å². The number of fused-ring (bicyclic) bond motifs is 2. The van der Waals surface area contributed by atoms with E-state index in [9.17, 15) is 72.5 Å². The number of rotatable bonds is 31. The third kappa shape index (κ3) is 29.8. The molecule has 0 saturated carbocycles. The second kappa shape index (κ2) is 43.8. The van der Waals surface area contributed by atoms with Gasteiger partial charge in [-0.1, -0.05) is 74.7 Å². The normalized spacial score (nSPS) is 10.5. The van der Waals surface area contributed by atoms with Crippen molar-refractivity contribution in [1.29, 1.82) is 0 Å². The Hall–Kier alpha value is -7.79. The molecule has 531 valence electrons. The standard InChI is InChI=1S/C32H36ClN5O9S.C30H34ClN5O8S.Na.4O.2Tc/c1-4-5-12-37(30(43)17-36-28(41)15-34-27(40)16-35-29(42)18-48-20(3)39)47-23-10-11-26-25(13-23)24(14-31(44)45)19(2)38(26)32(46)21-6-8-22(33)9-7-21;1-3-4-11-35(28(40)16-34-26(38)14-32-25(37)15-33-27(39)17-45)44-21-9-10-24-23(12-21)22(13-29(41)42)18(2)36(24)30(43)19-5-7-20(31)8-6-19;;;;;;;/h6-11,13H,4-5,12,14-18H2,1-3H3,(H,34,40)(H,35,42)(H,36,41)(H,44,45);5-10,12H,3-4,11,13-17H2,1-2H3,(H5,32,33,34,37,38,39,41,42,45);;;;;;;/q;;+1;;;;-1;+4;/p-4/i;;;;;;;1+1;. The summed E-state index contributed by atoms with van der Waals surface area (Å²) in [4.78, 5) is 170. The van der Waals surface area contributed by atoms with Crippen molar-refractivity contribution in [2.24, 2.45) is 0 Å². The van der Waals surface area contributed by atoms with Crippen LogP contribution in [0.4, 0.5) is 0 Å². The summed E-state index contributed by atoms with van der Waals surface area (Å²) in [5.74, 6) is -8.25. The number of benzene rings is 4. The van der Waals surface area contributed by atoms with Crippen LogP contribution < -0.4 is 59.0 Å². The number of carboxylic acid groups (broad SMARTS) is 2. The number of aromatic nitrogens is 2. The molecule has 100 heavy (non-hydrogen) atoms. The number of thioether (sulfide) groups is 1. The van der Waals surface area contributed by atoms with Crippen LogP contribution in [0.5, 0.6) is 11.5 Å². The van der Waals surface area contributed by atoms with Crippen LogP contribution in [0.3, 0.4) is 0 Å². The Morgan fingerprint density at radius 2 is 0.950 bits per heavy atom. The second-order valence-corrected chi connectivity index (χ2v) is 24.7. The molecule has 6 aromatic rings. The van der Waals surface area contributed by atoms with Crippen LogP contribution in [0.15, 0.2) is 84.9 Å². The van der Waals surface area contributed by atoms with Gasteiger partial charge in [0.05, 0.1) is 62.4 Å². The van der Waals surface area contributed by atoms with Gasteiger partial charge in [0.2, 0.25) is 23.6 Å². The zero-order valence-electron chi connectivity index (χ0n) is 54.5. The van der Waals surface area contributed by atoms with E-state index in [1.165, 1.54) is 16.1 Å². The first-order chi connectivity index (χ1) is 46.2. The van der Waals surface area contributed by atoms with E-state index in [4.69, 9.17) is 47.3 Å². The predicted molar refractivity (Wildman–Crippen MR) is 349 cm³/mol. The van der Waals surface area contributed by atoms with E-state index in [1.807, 2.05) is 13.8 Å². The summed E-state index contributed by atoms with van der Waals surface area (Å²) in [6.45, 7) is 5.78. The minimum absolute atomic E-state index is 0. The van der Waals surface area contributed by atoms with E-state index in [-0.39, 0.29) is 116 Å². The monoisotopic (exact) mass is 1640 g/mol. The van der Waals surface area contributed by atoms with Gasteiger partial charge in [-0.2, -0.15) is 10.1 Å². The molecule has 1 radical (unpaired) electrons. The molecule has 31 nitrogen and oxygen atoms in total. The van der Waals surface area contributed by atoms with Gasteiger partial charge in [-0.3, -0.25) is 57.1 Å². The Morgan fingerprint density at radius 1 is 0.580 bits per heavy atom. The molecule has 2 aromatic heterocycles. The first-order valence-corrected chi connectivity index (χ1v) is 34.6. The van der Waals surface area contributed by atoms with E-state index in [0.717, 1.165) is 34.7 Å².